The Kier molecular flexibility index (Phi) is 38.0. The number of carbonyl (C=O) groups excluding carboxylic acids is 3. The molecule has 2 fully saturated rings. The molecule has 74 heavy (non-hydrogen) atoms. The maximum absolute atomic E-state index is 13.9. The Morgan fingerprint density at radius 3 is 1.49 bits per heavy atom. The van der Waals surface area contributed by atoms with Crippen LogP contribution in [-0.2, 0) is 42.4 Å². The number of rotatable bonds is 45. The summed E-state index contributed by atoms with van der Waals surface area (Å²) in [6.45, 7) is 4.97. The van der Waals surface area contributed by atoms with Gasteiger partial charge in [-0.05, 0) is 25.7 Å². The van der Waals surface area contributed by atoms with Gasteiger partial charge in [0.2, 0.25) is 11.8 Å². The monoisotopic (exact) mass is 1080 g/mol. The topological polar surface area (TPSA) is 300 Å². The minimum Gasteiger partial charge on any atom is -0.462 e. The summed E-state index contributed by atoms with van der Waals surface area (Å²) in [5.74, 6) is -1.84. The van der Waals surface area contributed by atoms with Gasteiger partial charge in [-0.1, -0.05) is 194 Å². The summed E-state index contributed by atoms with van der Waals surface area (Å²) < 4.78 is 39.9. The molecular weight excluding hydrogens is 980 g/mol. The Bertz CT molecular complexity index is 1500. The van der Waals surface area contributed by atoms with Crippen LogP contribution in [0, 0.1) is 0 Å². The zero-order valence-electron chi connectivity index (χ0n) is 45.6. The number of carbonyl (C=O) groups is 3. The molecule has 2 saturated heterocycles. The van der Waals surface area contributed by atoms with Gasteiger partial charge in [-0.15, -0.1) is 0 Å². The number of aliphatic hydroxyl groups excluding tert-OH is 6. The predicted octanol–water partition coefficient (Wildman–Crippen LogP) is 7.56. The summed E-state index contributed by atoms with van der Waals surface area (Å²) in [5, 5.41) is 70.2. The molecule has 2 aliphatic rings. The highest BCUT2D eigenvalue weighted by molar-refractivity contribution is 7.46. The zero-order valence-corrected chi connectivity index (χ0v) is 46.5. The lowest BCUT2D eigenvalue weighted by Crippen LogP contribution is -2.67. The van der Waals surface area contributed by atoms with E-state index >= 15 is 0 Å². The molecule has 0 spiro atoms. The van der Waals surface area contributed by atoms with Crippen molar-refractivity contribution in [3.63, 3.8) is 0 Å². The van der Waals surface area contributed by atoms with E-state index in [1.54, 1.807) is 0 Å². The Balaban J connectivity index is 2.07. The summed E-state index contributed by atoms with van der Waals surface area (Å²) in [6.07, 6.45) is 16.2. The summed E-state index contributed by atoms with van der Waals surface area (Å²) >= 11 is 0. The van der Waals surface area contributed by atoms with Crippen LogP contribution in [0.2, 0.25) is 0 Å². The van der Waals surface area contributed by atoms with Crippen LogP contribution in [0.25, 0.3) is 0 Å². The molecule has 2 heterocycles. The number of unbranched alkanes of at least 4 members (excludes halogenated alkanes) is 26. The molecule has 0 bridgehead atoms. The number of hydrogen-bond donors (Lipinski definition) is 10. The van der Waals surface area contributed by atoms with Crippen molar-refractivity contribution in [2.75, 3.05) is 13.2 Å². The number of amides is 2. The van der Waals surface area contributed by atoms with E-state index in [1.807, 2.05) is 0 Å². The SMILES string of the molecule is CCCCCCCCCCCCCC(=O)O[C@H](CCCCCCCCCCC)CC(=O)N[C@H]1C(O)[C@H](OP(=O)(O)O)C(CO)O[C@H]1OCC1O[C@H](O)[C@@H](NC(=O)C[C@H](O)CCCCCCCCCCC)C(O)[C@@H]1O. The molecular formula is C54H103N2O17P. The van der Waals surface area contributed by atoms with Crippen LogP contribution in [-0.4, -0.2) is 145 Å². The van der Waals surface area contributed by atoms with Gasteiger partial charge in [0.1, 0.15) is 54.8 Å². The van der Waals surface area contributed by atoms with Gasteiger partial charge in [0.25, 0.3) is 0 Å². The van der Waals surface area contributed by atoms with E-state index in [1.165, 1.54) is 103 Å². The first-order valence-corrected chi connectivity index (χ1v) is 30.5. The summed E-state index contributed by atoms with van der Waals surface area (Å²) in [5.41, 5.74) is 0. The standard InChI is InChI=1S/C54H103N2O17P/c1-4-7-10-13-16-19-20-23-26-29-32-35-46(61)70-41(34-31-28-25-22-18-15-12-9-6-3)37-45(60)56-48-51(64)52(73-74(66,67)68)42(38-57)72-54(48)69-39-43-49(62)50(63)47(53(65)71-43)55-44(59)36-40(58)33-30-27-24-21-17-14-11-8-5-2/h40-43,47-54,57-58,62-65H,4-39H2,1-3H3,(H,55,59)(H,56,60)(H2,66,67,68)/t40-,41-,42?,43?,47+,48+,49-,50?,51?,52-,53+,54-/m1/s1. The number of esters is 1. The van der Waals surface area contributed by atoms with Gasteiger partial charge >= 0.3 is 13.8 Å². The molecule has 10 N–H and O–H groups in total. The summed E-state index contributed by atoms with van der Waals surface area (Å²) in [6, 6.07) is -3.12. The lowest BCUT2D eigenvalue weighted by molar-refractivity contribution is -0.296. The van der Waals surface area contributed by atoms with Crippen molar-refractivity contribution < 1.29 is 82.8 Å². The molecule has 19 nitrogen and oxygen atoms in total. The first kappa shape index (κ1) is 68.3. The van der Waals surface area contributed by atoms with Gasteiger partial charge in [-0.3, -0.25) is 18.9 Å². The third-order valence-electron chi connectivity index (χ3n) is 14.3. The first-order valence-electron chi connectivity index (χ1n) is 29.0. The van der Waals surface area contributed by atoms with Crippen LogP contribution in [0.4, 0.5) is 0 Å². The van der Waals surface area contributed by atoms with Gasteiger partial charge in [-0.2, -0.15) is 0 Å². The Labute approximate surface area is 443 Å². The lowest BCUT2D eigenvalue weighted by atomic mass is 9.95. The average Bonchev–Trinajstić information content (AvgIpc) is 3.35. The van der Waals surface area contributed by atoms with Crippen LogP contribution < -0.4 is 10.6 Å². The van der Waals surface area contributed by atoms with Crippen molar-refractivity contribution in [2.24, 2.45) is 0 Å². The number of ether oxygens (including phenoxy) is 4. The van der Waals surface area contributed by atoms with Gasteiger partial charge in [-0.25, -0.2) is 4.57 Å². The Morgan fingerprint density at radius 1 is 0.554 bits per heavy atom. The lowest BCUT2D eigenvalue weighted by Gasteiger charge is -2.45. The van der Waals surface area contributed by atoms with Crippen LogP contribution in [0.3, 0.4) is 0 Å². The van der Waals surface area contributed by atoms with E-state index in [4.69, 9.17) is 23.5 Å². The molecule has 0 radical (unpaired) electrons. The fraction of sp³-hybridized carbons (Fsp3) is 0.944. The van der Waals surface area contributed by atoms with E-state index in [-0.39, 0.29) is 19.3 Å². The van der Waals surface area contributed by atoms with E-state index < -0.39 is 112 Å². The van der Waals surface area contributed by atoms with E-state index in [9.17, 15) is 59.4 Å². The van der Waals surface area contributed by atoms with Crippen molar-refractivity contribution in [1.82, 2.24) is 10.6 Å². The van der Waals surface area contributed by atoms with E-state index in [2.05, 4.69) is 31.4 Å². The van der Waals surface area contributed by atoms with Crippen molar-refractivity contribution in [2.45, 2.75) is 313 Å². The molecule has 0 aliphatic carbocycles. The third kappa shape index (κ3) is 30.3. The second-order valence-corrected chi connectivity index (χ2v) is 22.2. The minimum absolute atomic E-state index is 0.191. The van der Waals surface area contributed by atoms with Gasteiger partial charge in [0.15, 0.2) is 12.6 Å². The number of aliphatic hydroxyl groups is 6. The Morgan fingerprint density at radius 2 is 1.00 bits per heavy atom. The third-order valence-corrected chi connectivity index (χ3v) is 14.8. The Hall–Kier alpha value is -1.84. The van der Waals surface area contributed by atoms with Crippen molar-refractivity contribution >= 4 is 25.6 Å². The summed E-state index contributed by atoms with van der Waals surface area (Å²) in [4.78, 5) is 59.2. The van der Waals surface area contributed by atoms with Gasteiger partial charge in [0.05, 0.1) is 32.2 Å². The molecule has 20 heteroatoms. The van der Waals surface area contributed by atoms with Crippen LogP contribution in [0.15, 0.2) is 0 Å². The fourth-order valence-electron chi connectivity index (χ4n) is 9.85. The highest BCUT2D eigenvalue weighted by atomic mass is 31.2. The maximum Gasteiger partial charge on any atom is 0.470 e. The molecule has 436 valence electrons. The predicted molar refractivity (Wildman–Crippen MR) is 281 cm³/mol. The van der Waals surface area contributed by atoms with Crippen LogP contribution in [0.5, 0.6) is 0 Å². The first-order chi connectivity index (χ1) is 35.5. The second-order valence-electron chi connectivity index (χ2n) is 21.0. The number of hydrogen-bond acceptors (Lipinski definition) is 15. The minimum atomic E-state index is -5.31. The van der Waals surface area contributed by atoms with Crippen LogP contribution >= 0.6 is 7.82 Å². The van der Waals surface area contributed by atoms with E-state index in [0.717, 1.165) is 70.6 Å². The maximum atomic E-state index is 13.9. The highest BCUT2D eigenvalue weighted by Crippen LogP contribution is 2.41. The number of nitrogens with one attached hydrogen (secondary N) is 2. The normalized spacial score (nSPS) is 25.1. The molecule has 0 saturated carbocycles. The van der Waals surface area contributed by atoms with Gasteiger partial charge in [0, 0.05) is 6.42 Å². The van der Waals surface area contributed by atoms with Crippen molar-refractivity contribution in [1.29, 1.82) is 0 Å². The second kappa shape index (κ2) is 41.2. The number of phosphoric ester groups is 1. The average molecular weight is 1080 g/mol. The molecule has 2 rings (SSSR count). The molecule has 0 aromatic heterocycles. The number of phosphoric acid groups is 1. The molecule has 4 unspecified atom stereocenters. The smallest absolute Gasteiger partial charge is 0.462 e. The van der Waals surface area contributed by atoms with Crippen molar-refractivity contribution in [3.8, 4) is 0 Å². The molecule has 2 amide bonds. The molecule has 12 atom stereocenters. The quantitative estimate of drug-likeness (QED) is 0.0160. The molecule has 2 aliphatic heterocycles. The van der Waals surface area contributed by atoms with Crippen LogP contribution in [0.1, 0.15) is 239 Å². The molecule has 0 aromatic carbocycles. The zero-order chi connectivity index (χ0) is 54.6. The van der Waals surface area contributed by atoms with Gasteiger partial charge < -0.3 is 70.0 Å². The fourth-order valence-corrected chi connectivity index (χ4v) is 10.4. The van der Waals surface area contributed by atoms with Crippen molar-refractivity contribution in [3.05, 3.63) is 0 Å². The van der Waals surface area contributed by atoms with E-state index in [0.29, 0.717) is 25.7 Å². The molecule has 0 aromatic rings. The highest BCUT2D eigenvalue weighted by Gasteiger charge is 2.51. The summed E-state index contributed by atoms with van der Waals surface area (Å²) in [7, 11) is -5.31. The largest absolute Gasteiger partial charge is 0.470 e.